The normalized spacial score (nSPS) is 12.8. The standard InChI is InChI=1S/C8H11IN2O2/c1-3-7(8(12)13)11-4-6(9)5(2)10-11/h4,7H,3H2,1-2H3,(H,12,13). The van der Waals surface area contributed by atoms with E-state index in [2.05, 4.69) is 27.7 Å². The van der Waals surface area contributed by atoms with E-state index in [0.29, 0.717) is 6.42 Å². The molecule has 0 aliphatic carbocycles. The van der Waals surface area contributed by atoms with Crippen molar-refractivity contribution in [1.29, 1.82) is 0 Å². The van der Waals surface area contributed by atoms with E-state index in [4.69, 9.17) is 5.11 Å². The van der Waals surface area contributed by atoms with Gasteiger partial charge in [-0.05, 0) is 35.9 Å². The van der Waals surface area contributed by atoms with Crippen LogP contribution in [0.4, 0.5) is 0 Å². The largest absolute Gasteiger partial charge is 0.480 e. The first kappa shape index (κ1) is 10.5. The van der Waals surface area contributed by atoms with Crippen LogP contribution in [0.25, 0.3) is 0 Å². The van der Waals surface area contributed by atoms with E-state index in [1.54, 1.807) is 6.20 Å². The molecule has 1 rings (SSSR count). The molecule has 72 valence electrons. The minimum absolute atomic E-state index is 0.540. The van der Waals surface area contributed by atoms with Crippen LogP contribution in [0.3, 0.4) is 0 Å². The SMILES string of the molecule is CCC(C(=O)O)n1cc(I)c(C)n1. The molecule has 0 saturated carbocycles. The minimum Gasteiger partial charge on any atom is -0.480 e. The lowest BCUT2D eigenvalue weighted by Gasteiger charge is -2.09. The van der Waals surface area contributed by atoms with Crippen molar-refractivity contribution >= 4 is 28.6 Å². The lowest BCUT2D eigenvalue weighted by Crippen LogP contribution is -2.18. The predicted octanol–water partition coefficient (Wildman–Crippen LogP) is 1.83. The average molecular weight is 294 g/mol. The number of rotatable bonds is 3. The number of nitrogens with zero attached hydrogens (tertiary/aromatic N) is 2. The quantitative estimate of drug-likeness (QED) is 0.865. The second-order valence-electron chi connectivity index (χ2n) is 2.80. The second kappa shape index (κ2) is 4.08. The molecule has 1 heterocycles. The summed E-state index contributed by atoms with van der Waals surface area (Å²) in [5.74, 6) is -0.832. The van der Waals surface area contributed by atoms with Crippen LogP contribution in [-0.2, 0) is 4.79 Å². The highest BCUT2D eigenvalue weighted by Gasteiger charge is 2.18. The first-order chi connectivity index (χ1) is 6.06. The first-order valence-corrected chi connectivity index (χ1v) is 5.08. The summed E-state index contributed by atoms with van der Waals surface area (Å²) in [7, 11) is 0. The van der Waals surface area contributed by atoms with Crippen LogP contribution in [0.5, 0.6) is 0 Å². The molecule has 0 spiro atoms. The van der Waals surface area contributed by atoms with Crippen LogP contribution >= 0.6 is 22.6 Å². The van der Waals surface area contributed by atoms with Crippen LogP contribution in [0.1, 0.15) is 25.1 Å². The van der Waals surface area contributed by atoms with Crippen molar-refractivity contribution in [2.45, 2.75) is 26.3 Å². The van der Waals surface area contributed by atoms with Gasteiger partial charge in [-0.2, -0.15) is 5.10 Å². The highest BCUT2D eigenvalue weighted by atomic mass is 127. The molecule has 1 aromatic heterocycles. The smallest absolute Gasteiger partial charge is 0.328 e. The van der Waals surface area contributed by atoms with E-state index < -0.39 is 12.0 Å². The third-order valence-electron chi connectivity index (χ3n) is 1.85. The van der Waals surface area contributed by atoms with Crippen molar-refractivity contribution in [2.24, 2.45) is 0 Å². The van der Waals surface area contributed by atoms with E-state index in [1.165, 1.54) is 4.68 Å². The Morgan fingerprint density at radius 3 is 2.77 bits per heavy atom. The molecule has 1 N–H and O–H groups in total. The summed E-state index contributed by atoms with van der Waals surface area (Å²) in [4.78, 5) is 10.8. The van der Waals surface area contributed by atoms with Gasteiger partial charge >= 0.3 is 5.97 Å². The van der Waals surface area contributed by atoms with Gasteiger partial charge in [0.2, 0.25) is 0 Å². The van der Waals surface area contributed by atoms with Crippen LogP contribution in [0.2, 0.25) is 0 Å². The molecule has 0 saturated heterocycles. The summed E-state index contributed by atoms with van der Waals surface area (Å²) >= 11 is 2.14. The molecular formula is C8H11IN2O2. The number of aryl methyl sites for hydroxylation is 1. The zero-order valence-electron chi connectivity index (χ0n) is 7.49. The number of aromatic nitrogens is 2. The van der Waals surface area contributed by atoms with Crippen molar-refractivity contribution in [2.75, 3.05) is 0 Å². The molecule has 0 amide bonds. The highest BCUT2D eigenvalue weighted by Crippen LogP contribution is 2.15. The molecular weight excluding hydrogens is 283 g/mol. The number of aliphatic carboxylic acids is 1. The van der Waals surface area contributed by atoms with Gasteiger partial charge in [0.15, 0.2) is 0 Å². The lowest BCUT2D eigenvalue weighted by molar-refractivity contribution is -0.141. The van der Waals surface area contributed by atoms with Crippen LogP contribution < -0.4 is 0 Å². The number of carbonyl (C=O) groups is 1. The molecule has 1 unspecified atom stereocenters. The Morgan fingerprint density at radius 1 is 1.85 bits per heavy atom. The van der Waals surface area contributed by atoms with Crippen LogP contribution in [0, 0.1) is 10.5 Å². The number of carboxylic acid groups (broad SMARTS) is 1. The summed E-state index contributed by atoms with van der Waals surface area (Å²) in [5, 5.41) is 13.0. The maximum Gasteiger partial charge on any atom is 0.328 e. The van der Waals surface area contributed by atoms with Crippen molar-refractivity contribution in [3.8, 4) is 0 Å². The topological polar surface area (TPSA) is 55.1 Å². The van der Waals surface area contributed by atoms with Gasteiger partial charge in [-0.3, -0.25) is 4.68 Å². The number of hydrogen-bond donors (Lipinski definition) is 1. The fourth-order valence-electron chi connectivity index (χ4n) is 1.09. The predicted molar refractivity (Wildman–Crippen MR) is 56.6 cm³/mol. The molecule has 0 aliphatic heterocycles. The Balaban J connectivity index is 2.98. The number of halogens is 1. The molecule has 0 fully saturated rings. The molecule has 4 nitrogen and oxygen atoms in total. The molecule has 0 radical (unpaired) electrons. The van der Waals surface area contributed by atoms with Gasteiger partial charge < -0.3 is 5.11 Å². The summed E-state index contributed by atoms with van der Waals surface area (Å²) in [6.07, 6.45) is 2.31. The van der Waals surface area contributed by atoms with Crippen LogP contribution in [-0.4, -0.2) is 20.9 Å². The molecule has 5 heteroatoms. The summed E-state index contributed by atoms with van der Waals surface area (Å²) < 4.78 is 2.51. The zero-order chi connectivity index (χ0) is 10.0. The third kappa shape index (κ3) is 2.20. The Hall–Kier alpha value is -0.590. The van der Waals surface area contributed by atoms with Gasteiger partial charge in [0, 0.05) is 6.20 Å². The maximum absolute atomic E-state index is 10.8. The monoisotopic (exact) mass is 294 g/mol. The van der Waals surface area contributed by atoms with Crippen molar-refractivity contribution in [1.82, 2.24) is 9.78 Å². The average Bonchev–Trinajstić information content (AvgIpc) is 2.32. The zero-order valence-corrected chi connectivity index (χ0v) is 9.65. The lowest BCUT2D eigenvalue weighted by atomic mass is 10.2. The molecule has 1 aromatic rings. The Kier molecular flexibility index (Phi) is 3.29. The summed E-state index contributed by atoms with van der Waals surface area (Å²) in [6, 6.07) is -0.540. The Labute approximate surface area is 90.1 Å². The molecule has 0 bridgehead atoms. The Morgan fingerprint density at radius 2 is 2.46 bits per heavy atom. The molecule has 1 atom stereocenters. The van der Waals surface area contributed by atoms with E-state index >= 15 is 0 Å². The first-order valence-electron chi connectivity index (χ1n) is 4.00. The number of carboxylic acids is 1. The Bertz CT molecular complexity index is 302. The van der Waals surface area contributed by atoms with Crippen molar-refractivity contribution in [3.05, 3.63) is 15.5 Å². The summed E-state index contributed by atoms with van der Waals surface area (Å²) in [5.41, 5.74) is 0.875. The van der Waals surface area contributed by atoms with E-state index in [1.807, 2.05) is 13.8 Å². The fraction of sp³-hybridized carbons (Fsp3) is 0.500. The van der Waals surface area contributed by atoms with Gasteiger partial charge in [0.1, 0.15) is 6.04 Å². The van der Waals surface area contributed by atoms with Gasteiger partial charge in [0.05, 0.1) is 9.26 Å². The second-order valence-corrected chi connectivity index (χ2v) is 3.97. The highest BCUT2D eigenvalue weighted by molar-refractivity contribution is 14.1. The van der Waals surface area contributed by atoms with E-state index in [-0.39, 0.29) is 0 Å². The van der Waals surface area contributed by atoms with Crippen molar-refractivity contribution < 1.29 is 9.90 Å². The number of hydrogen-bond acceptors (Lipinski definition) is 2. The third-order valence-corrected chi connectivity index (χ3v) is 2.91. The van der Waals surface area contributed by atoms with Crippen LogP contribution in [0.15, 0.2) is 6.20 Å². The maximum atomic E-state index is 10.8. The van der Waals surface area contributed by atoms with Gasteiger partial charge in [-0.15, -0.1) is 0 Å². The van der Waals surface area contributed by atoms with Gasteiger partial charge in [0.25, 0.3) is 0 Å². The van der Waals surface area contributed by atoms with E-state index in [9.17, 15) is 4.79 Å². The van der Waals surface area contributed by atoms with Crippen molar-refractivity contribution in [3.63, 3.8) is 0 Å². The fourth-order valence-corrected chi connectivity index (χ4v) is 1.49. The summed E-state index contributed by atoms with van der Waals surface area (Å²) in [6.45, 7) is 3.70. The van der Waals surface area contributed by atoms with E-state index in [0.717, 1.165) is 9.26 Å². The molecule has 0 aliphatic rings. The molecule has 0 aromatic carbocycles. The van der Waals surface area contributed by atoms with Gasteiger partial charge in [-0.1, -0.05) is 6.92 Å². The minimum atomic E-state index is -0.832. The molecule has 13 heavy (non-hydrogen) atoms. The van der Waals surface area contributed by atoms with Gasteiger partial charge in [-0.25, -0.2) is 4.79 Å².